The fraction of sp³-hybridized carbons (Fsp3) is 0.440. The number of anilines is 1. The lowest BCUT2D eigenvalue weighted by Crippen LogP contribution is -2.55. The molecule has 0 saturated carbocycles. The Morgan fingerprint density at radius 1 is 1.09 bits per heavy atom. The van der Waals surface area contributed by atoms with Gasteiger partial charge in [0, 0.05) is 12.1 Å². The van der Waals surface area contributed by atoms with Crippen LogP contribution in [0.5, 0.6) is 5.75 Å². The maximum atomic E-state index is 13.7. The lowest BCUT2D eigenvalue weighted by molar-refractivity contribution is -0.141. The van der Waals surface area contributed by atoms with Gasteiger partial charge in [-0.1, -0.05) is 42.8 Å². The number of nitrogens with one attached hydrogen (secondary N) is 1. The summed E-state index contributed by atoms with van der Waals surface area (Å²) in [5.74, 6) is -0.182. The molecule has 0 radical (unpaired) electrons. The summed E-state index contributed by atoms with van der Waals surface area (Å²) in [6.07, 6.45) is 1.36. The number of para-hydroxylation sites is 1. The first kappa shape index (κ1) is 28.5. The van der Waals surface area contributed by atoms with Gasteiger partial charge in [-0.05, 0) is 57.0 Å². The number of benzene rings is 2. The SMILES string of the molecule is CCC(C(=O)NC(C)(C)C)N(Cc1ccc(OC)cc1)C(=O)CN(c1ccccc1Cl)S(C)(=O)=O. The summed E-state index contributed by atoms with van der Waals surface area (Å²) < 4.78 is 31.4. The normalized spacial score (nSPS) is 12.5. The lowest BCUT2D eigenvalue weighted by Gasteiger charge is -2.34. The Labute approximate surface area is 213 Å². The zero-order valence-corrected chi connectivity index (χ0v) is 22.6. The van der Waals surface area contributed by atoms with Gasteiger partial charge in [0.1, 0.15) is 18.3 Å². The molecule has 1 atom stereocenters. The van der Waals surface area contributed by atoms with Crippen LogP contribution in [0, 0.1) is 0 Å². The van der Waals surface area contributed by atoms with Gasteiger partial charge in [0.05, 0.1) is 24.1 Å². The van der Waals surface area contributed by atoms with E-state index in [0.29, 0.717) is 12.2 Å². The molecule has 0 fully saturated rings. The van der Waals surface area contributed by atoms with Crippen LogP contribution in [-0.4, -0.2) is 56.6 Å². The van der Waals surface area contributed by atoms with Crippen LogP contribution in [0.4, 0.5) is 5.69 Å². The van der Waals surface area contributed by atoms with Crippen molar-refractivity contribution in [3.8, 4) is 5.75 Å². The number of amides is 2. The minimum absolute atomic E-state index is 0.110. The fourth-order valence-corrected chi connectivity index (χ4v) is 4.70. The van der Waals surface area contributed by atoms with Crippen molar-refractivity contribution in [2.75, 3.05) is 24.2 Å². The molecule has 0 spiro atoms. The Morgan fingerprint density at radius 2 is 1.69 bits per heavy atom. The number of methoxy groups -OCH3 is 1. The highest BCUT2D eigenvalue weighted by molar-refractivity contribution is 7.92. The smallest absolute Gasteiger partial charge is 0.244 e. The number of rotatable bonds is 10. The van der Waals surface area contributed by atoms with Crippen LogP contribution in [0.3, 0.4) is 0 Å². The van der Waals surface area contributed by atoms with Crippen LogP contribution in [-0.2, 0) is 26.2 Å². The molecule has 0 saturated heterocycles. The average molecular weight is 524 g/mol. The Bertz CT molecular complexity index is 1130. The molecule has 10 heteroatoms. The van der Waals surface area contributed by atoms with Crippen LogP contribution in [0.2, 0.25) is 5.02 Å². The van der Waals surface area contributed by atoms with Gasteiger partial charge >= 0.3 is 0 Å². The van der Waals surface area contributed by atoms with Gasteiger partial charge in [-0.2, -0.15) is 0 Å². The van der Waals surface area contributed by atoms with Crippen molar-refractivity contribution in [2.45, 2.75) is 52.2 Å². The van der Waals surface area contributed by atoms with Crippen molar-refractivity contribution in [1.29, 1.82) is 0 Å². The Kier molecular flexibility index (Phi) is 9.57. The zero-order chi connectivity index (χ0) is 26.4. The highest BCUT2D eigenvalue weighted by Gasteiger charge is 2.33. The third-order valence-corrected chi connectivity index (χ3v) is 6.64. The Balaban J connectivity index is 2.46. The second kappa shape index (κ2) is 11.8. The van der Waals surface area contributed by atoms with Crippen molar-refractivity contribution in [1.82, 2.24) is 10.2 Å². The van der Waals surface area contributed by atoms with Crippen molar-refractivity contribution < 1.29 is 22.7 Å². The monoisotopic (exact) mass is 523 g/mol. The highest BCUT2D eigenvalue weighted by Crippen LogP contribution is 2.27. The van der Waals surface area contributed by atoms with Crippen LogP contribution < -0.4 is 14.4 Å². The molecule has 0 bridgehead atoms. The van der Waals surface area contributed by atoms with Crippen molar-refractivity contribution in [3.63, 3.8) is 0 Å². The van der Waals surface area contributed by atoms with E-state index >= 15 is 0 Å². The molecule has 0 aliphatic rings. The van der Waals surface area contributed by atoms with E-state index in [4.69, 9.17) is 16.3 Å². The molecule has 0 aliphatic heterocycles. The molecule has 35 heavy (non-hydrogen) atoms. The zero-order valence-electron chi connectivity index (χ0n) is 21.0. The van der Waals surface area contributed by atoms with Crippen LogP contribution in [0.15, 0.2) is 48.5 Å². The number of carbonyl (C=O) groups is 2. The standard InChI is InChI=1S/C25H34ClN3O5S/c1-7-21(24(31)27-25(2,3)4)28(16-18-12-14-19(34-5)15-13-18)23(30)17-29(35(6,32)33)22-11-9-8-10-20(22)26/h8-15,21H,7,16-17H2,1-6H3,(H,27,31). The summed E-state index contributed by atoms with van der Waals surface area (Å²) in [4.78, 5) is 28.2. The number of halogens is 1. The number of nitrogens with zero attached hydrogens (tertiary/aromatic N) is 2. The van der Waals surface area contributed by atoms with E-state index in [1.807, 2.05) is 27.7 Å². The maximum Gasteiger partial charge on any atom is 0.244 e. The molecular weight excluding hydrogens is 490 g/mol. The highest BCUT2D eigenvalue weighted by atomic mass is 35.5. The van der Waals surface area contributed by atoms with E-state index in [0.717, 1.165) is 16.1 Å². The number of hydrogen-bond acceptors (Lipinski definition) is 5. The molecule has 2 amide bonds. The van der Waals surface area contributed by atoms with Gasteiger partial charge in [-0.25, -0.2) is 8.42 Å². The summed E-state index contributed by atoms with van der Waals surface area (Å²) in [5.41, 5.74) is 0.460. The van der Waals surface area contributed by atoms with E-state index in [9.17, 15) is 18.0 Å². The van der Waals surface area contributed by atoms with Crippen molar-refractivity contribution >= 4 is 39.1 Å². The molecular formula is C25H34ClN3O5S. The minimum Gasteiger partial charge on any atom is -0.497 e. The first-order valence-corrected chi connectivity index (χ1v) is 13.5. The molecule has 0 aromatic heterocycles. The van der Waals surface area contributed by atoms with E-state index in [-0.39, 0.29) is 23.2 Å². The predicted molar refractivity (Wildman–Crippen MR) is 139 cm³/mol. The molecule has 8 nitrogen and oxygen atoms in total. The first-order valence-electron chi connectivity index (χ1n) is 11.2. The summed E-state index contributed by atoms with van der Waals surface area (Å²) in [6.45, 7) is 6.99. The van der Waals surface area contributed by atoms with E-state index in [1.165, 1.54) is 11.0 Å². The molecule has 2 rings (SSSR count). The van der Waals surface area contributed by atoms with Gasteiger partial charge in [-0.15, -0.1) is 0 Å². The van der Waals surface area contributed by atoms with E-state index < -0.39 is 34.1 Å². The summed E-state index contributed by atoms with van der Waals surface area (Å²) >= 11 is 6.25. The van der Waals surface area contributed by atoms with Gasteiger partial charge in [0.2, 0.25) is 21.8 Å². The third-order valence-electron chi connectivity index (χ3n) is 5.20. The number of hydrogen-bond donors (Lipinski definition) is 1. The van der Waals surface area contributed by atoms with Crippen LogP contribution in [0.25, 0.3) is 0 Å². The van der Waals surface area contributed by atoms with Gasteiger partial charge < -0.3 is 15.0 Å². The second-order valence-electron chi connectivity index (χ2n) is 9.25. The molecule has 2 aromatic carbocycles. The Hall–Kier alpha value is -2.78. The molecule has 0 heterocycles. The third kappa shape index (κ3) is 8.14. The first-order chi connectivity index (χ1) is 16.3. The molecule has 1 N–H and O–H groups in total. The molecule has 2 aromatic rings. The van der Waals surface area contributed by atoms with E-state index in [1.54, 1.807) is 49.6 Å². The summed E-state index contributed by atoms with van der Waals surface area (Å²) in [6, 6.07) is 12.7. The second-order valence-corrected chi connectivity index (χ2v) is 11.6. The summed E-state index contributed by atoms with van der Waals surface area (Å²) in [5, 5.41) is 3.13. The van der Waals surface area contributed by atoms with Gasteiger partial charge in [-0.3, -0.25) is 13.9 Å². The van der Waals surface area contributed by atoms with Crippen LogP contribution in [0.1, 0.15) is 39.7 Å². The number of ether oxygens (including phenoxy) is 1. The van der Waals surface area contributed by atoms with Crippen molar-refractivity contribution in [2.24, 2.45) is 0 Å². The average Bonchev–Trinajstić information content (AvgIpc) is 2.76. The molecule has 0 aliphatic carbocycles. The number of carbonyl (C=O) groups excluding carboxylic acids is 2. The molecule has 192 valence electrons. The molecule has 1 unspecified atom stereocenters. The largest absolute Gasteiger partial charge is 0.497 e. The van der Waals surface area contributed by atoms with Crippen molar-refractivity contribution in [3.05, 3.63) is 59.1 Å². The van der Waals surface area contributed by atoms with Gasteiger partial charge in [0.25, 0.3) is 0 Å². The Morgan fingerprint density at radius 3 is 2.17 bits per heavy atom. The fourth-order valence-electron chi connectivity index (χ4n) is 3.55. The lowest BCUT2D eigenvalue weighted by atomic mass is 10.1. The number of sulfonamides is 1. The van der Waals surface area contributed by atoms with E-state index in [2.05, 4.69) is 5.32 Å². The van der Waals surface area contributed by atoms with Crippen LogP contribution >= 0.6 is 11.6 Å². The van der Waals surface area contributed by atoms with Gasteiger partial charge in [0.15, 0.2) is 0 Å². The minimum atomic E-state index is -3.85. The maximum absolute atomic E-state index is 13.7. The quantitative estimate of drug-likeness (QED) is 0.510. The topological polar surface area (TPSA) is 96.0 Å². The summed E-state index contributed by atoms with van der Waals surface area (Å²) in [7, 11) is -2.29. The predicted octanol–water partition coefficient (Wildman–Crippen LogP) is 3.84.